The minimum Gasteiger partial charge on any atom is -0.493 e. The van der Waals surface area contributed by atoms with Crippen molar-refractivity contribution in [2.75, 3.05) is 20.8 Å². The van der Waals surface area contributed by atoms with E-state index in [0.29, 0.717) is 17.1 Å². The summed E-state index contributed by atoms with van der Waals surface area (Å²) in [5, 5.41) is 2.50. The summed E-state index contributed by atoms with van der Waals surface area (Å²) in [5.74, 6) is 0.361. The highest BCUT2D eigenvalue weighted by molar-refractivity contribution is 8.18. The van der Waals surface area contributed by atoms with Gasteiger partial charge in [0.05, 0.1) is 19.1 Å². The highest BCUT2D eigenvalue weighted by atomic mass is 32.2. The number of rotatable bonds is 6. The van der Waals surface area contributed by atoms with Crippen molar-refractivity contribution in [1.29, 1.82) is 0 Å². The zero-order valence-corrected chi connectivity index (χ0v) is 16.8. The van der Waals surface area contributed by atoms with Crippen LogP contribution in [-0.4, -0.2) is 48.8 Å². The van der Waals surface area contributed by atoms with Gasteiger partial charge < -0.3 is 14.8 Å². The number of methoxy groups -OCH3 is 2. The number of amides is 3. The molecule has 7 nitrogen and oxygen atoms in total. The molecule has 3 rings (SSSR count). The predicted molar refractivity (Wildman–Crippen MR) is 107 cm³/mol. The number of ether oxygens (including phenoxy) is 2. The highest BCUT2D eigenvalue weighted by Crippen LogP contribution is 2.34. The van der Waals surface area contributed by atoms with Crippen LogP contribution in [0.2, 0.25) is 0 Å². The van der Waals surface area contributed by atoms with E-state index in [1.165, 1.54) is 13.5 Å². The molecule has 0 radical (unpaired) electrons. The lowest BCUT2D eigenvalue weighted by molar-refractivity contribution is -0.129. The molecule has 1 N–H and O–H groups in total. The molecule has 1 aromatic carbocycles. The molecule has 1 heterocycles. The van der Waals surface area contributed by atoms with Crippen molar-refractivity contribution in [2.45, 2.75) is 38.1 Å². The van der Waals surface area contributed by atoms with Crippen molar-refractivity contribution in [2.24, 2.45) is 0 Å². The van der Waals surface area contributed by atoms with Gasteiger partial charge in [0.2, 0.25) is 5.91 Å². The van der Waals surface area contributed by atoms with E-state index in [1.54, 1.807) is 31.4 Å². The van der Waals surface area contributed by atoms with Crippen LogP contribution in [0.5, 0.6) is 11.5 Å². The van der Waals surface area contributed by atoms with Crippen molar-refractivity contribution in [3.05, 3.63) is 28.7 Å². The van der Waals surface area contributed by atoms with Crippen LogP contribution >= 0.6 is 11.8 Å². The second-order valence-corrected chi connectivity index (χ2v) is 7.78. The summed E-state index contributed by atoms with van der Waals surface area (Å²) < 4.78 is 10.5. The summed E-state index contributed by atoms with van der Waals surface area (Å²) in [7, 11) is 3.07. The van der Waals surface area contributed by atoms with Gasteiger partial charge in [0, 0.05) is 6.04 Å². The van der Waals surface area contributed by atoms with Gasteiger partial charge in [0.25, 0.3) is 11.1 Å². The van der Waals surface area contributed by atoms with Gasteiger partial charge in [-0.1, -0.05) is 25.3 Å². The standard InChI is InChI=1S/C20H24N2O5S/c1-26-15-9-8-13(10-16(15)27-2)11-17-19(24)22(20(25)28-17)12-18(23)21-14-6-4-3-5-7-14/h8-11,14H,3-7,12H2,1-2H3,(H,21,23)/b17-11-. The summed E-state index contributed by atoms with van der Waals surface area (Å²) in [4.78, 5) is 38.4. The Bertz CT molecular complexity index is 802. The van der Waals surface area contributed by atoms with Crippen LogP contribution in [0, 0.1) is 0 Å². The Balaban J connectivity index is 1.67. The highest BCUT2D eigenvalue weighted by Gasteiger charge is 2.36. The van der Waals surface area contributed by atoms with E-state index < -0.39 is 11.1 Å². The van der Waals surface area contributed by atoms with Crippen LogP contribution in [0.3, 0.4) is 0 Å². The minimum absolute atomic E-state index is 0.142. The lowest BCUT2D eigenvalue weighted by Gasteiger charge is -2.23. The number of nitrogens with zero attached hydrogens (tertiary/aromatic N) is 1. The molecule has 1 saturated carbocycles. The van der Waals surface area contributed by atoms with Gasteiger partial charge in [-0.15, -0.1) is 0 Å². The average molecular weight is 404 g/mol. The molecule has 150 valence electrons. The average Bonchev–Trinajstić information content (AvgIpc) is 2.96. The van der Waals surface area contributed by atoms with E-state index in [2.05, 4.69) is 5.32 Å². The van der Waals surface area contributed by atoms with E-state index in [-0.39, 0.29) is 23.4 Å². The van der Waals surface area contributed by atoms with Crippen molar-refractivity contribution >= 4 is 34.9 Å². The van der Waals surface area contributed by atoms with Gasteiger partial charge in [0.15, 0.2) is 11.5 Å². The van der Waals surface area contributed by atoms with Gasteiger partial charge >= 0.3 is 0 Å². The van der Waals surface area contributed by atoms with Crippen LogP contribution in [-0.2, 0) is 9.59 Å². The third kappa shape index (κ3) is 4.67. The van der Waals surface area contributed by atoms with E-state index in [0.717, 1.165) is 42.3 Å². The number of benzene rings is 1. The summed E-state index contributed by atoms with van der Waals surface area (Å²) in [6, 6.07) is 5.36. The van der Waals surface area contributed by atoms with E-state index >= 15 is 0 Å². The Morgan fingerprint density at radius 3 is 2.57 bits per heavy atom. The van der Waals surface area contributed by atoms with Crippen LogP contribution in [0.1, 0.15) is 37.7 Å². The van der Waals surface area contributed by atoms with Gasteiger partial charge in [0.1, 0.15) is 6.54 Å². The van der Waals surface area contributed by atoms with E-state index in [1.807, 2.05) is 0 Å². The lowest BCUT2D eigenvalue weighted by atomic mass is 9.95. The van der Waals surface area contributed by atoms with Gasteiger partial charge in [-0.2, -0.15) is 0 Å². The lowest BCUT2D eigenvalue weighted by Crippen LogP contribution is -2.44. The molecule has 8 heteroatoms. The summed E-state index contributed by atoms with van der Waals surface area (Å²) in [5.41, 5.74) is 0.704. The molecule has 28 heavy (non-hydrogen) atoms. The molecule has 0 unspecified atom stereocenters. The molecule has 0 aromatic heterocycles. The van der Waals surface area contributed by atoms with Crippen LogP contribution in [0.25, 0.3) is 6.08 Å². The molecular formula is C20H24N2O5S. The van der Waals surface area contributed by atoms with Crippen LogP contribution < -0.4 is 14.8 Å². The Labute approximate surface area is 168 Å². The van der Waals surface area contributed by atoms with Gasteiger partial charge in [-0.25, -0.2) is 0 Å². The number of hydrogen-bond donors (Lipinski definition) is 1. The molecule has 2 aliphatic rings. The summed E-state index contributed by atoms with van der Waals surface area (Å²) in [6.07, 6.45) is 6.91. The first-order chi connectivity index (χ1) is 13.5. The summed E-state index contributed by atoms with van der Waals surface area (Å²) in [6.45, 7) is -0.246. The van der Waals surface area contributed by atoms with E-state index in [4.69, 9.17) is 9.47 Å². The molecule has 2 fully saturated rings. The Morgan fingerprint density at radius 1 is 1.18 bits per heavy atom. The first-order valence-electron chi connectivity index (χ1n) is 9.28. The number of carbonyl (C=O) groups is 3. The monoisotopic (exact) mass is 404 g/mol. The SMILES string of the molecule is COc1ccc(/C=C2\SC(=O)N(CC(=O)NC3CCCCC3)C2=O)cc1OC. The van der Waals surface area contributed by atoms with E-state index in [9.17, 15) is 14.4 Å². The topological polar surface area (TPSA) is 84.9 Å². The zero-order chi connectivity index (χ0) is 20.1. The second-order valence-electron chi connectivity index (χ2n) is 6.78. The van der Waals surface area contributed by atoms with Gasteiger partial charge in [-0.05, 0) is 48.4 Å². The van der Waals surface area contributed by atoms with Crippen molar-refractivity contribution in [3.63, 3.8) is 0 Å². The Morgan fingerprint density at radius 2 is 1.89 bits per heavy atom. The second kappa shape index (κ2) is 9.14. The molecule has 0 spiro atoms. The fourth-order valence-corrected chi connectivity index (χ4v) is 4.23. The zero-order valence-electron chi connectivity index (χ0n) is 16.0. The fourth-order valence-electron chi connectivity index (χ4n) is 3.39. The molecule has 0 bridgehead atoms. The van der Waals surface area contributed by atoms with Crippen molar-refractivity contribution in [3.8, 4) is 11.5 Å². The van der Waals surface area contributed by atoms with Crippen molar-refractivity contribution in [1.82, 2.24) is 10.2 Å². The predicted octanol–water partition coefficient (Wildman–Crippen LogP) is 3.19. The Kier molecular flexibility index (Phi) is 6.61. The Hall–Kier alpha value is -2.48. The van der Waals surface area contributed by atoms with Crippen LogP contribution in [0.15, 0.2) is 23.1 Å². The molecule has 1 aliphatic carbocycles. The van der Waals surface area contributed by atoms with Crippen molar-refractivity contribution < 1.29 is 23.9 Å². The molecule has 1 aromatic rings. The third-order valence-electron chi connectivity index (χ3n) is 4.85. The van der Waals surface area contributed by atoms with Crippen LogP contribution in [0.4, 0.5) is 4.79 Å². The largest absolute Gasteiger partial charge is 0.493 e. The quantitative estimate of drug-likeness (QED) is 0.733. The smallest absolute Gasteiger partial charge is 0.294 e. The molecular weight excluding hydrogens is 380 g/mol. The molecule has 1 aliphatic heterocycles. The molecule has 1 saturated heterocycles. The van der Waals surface area contributed by atoms with Gasteiger partial charge in [-0.3, -0.25) is 19.3 Å². The first kappa shape index (κ1) is 20.3. The minimum atomic E-state index is -0.455. The number of imide groups is 1. The third-order valence-corrected chi connectivity index (χ3v) is 5.76. The normalized spacial score (nSPS) is 19.2. The first-order valence-corrected chi connectivity index (χ1v) is 10.1. The maximum atomic E-state index is 12.6. The number of nitrogens with one attached hydrogen (secondary N) is 1. The summed E-state index contributed by atoms with van der Waals surface area (Å²) >= 11 is 0.835. The number of carbonyl (C=O) groups excluding carboxylic acids is 3. The molecule has 3 amide bonds. The molecule has 0 atom stereocenters. The maximum absolute atomic E-state index is 12.6. The fraction of sp³-hybridized carbons (Fsp3) is 0.450. The number of hydrogen-bond acceptors (Lipinski definition) is 6. The number of thioether (sulfide) groups is 1. The maximum Gasteiger partial charge on any atom is 0.294 e.